The van der Waals surface area contributed by atoms with Gasteiger partial charge in [-0.2, -0.15) is 10.6 Å². The minimum atomic E-state index is -0.319. The lowest BCUT2D eigenvalue weighted by molar-refractivity contribution is -0.140. The van der Waals surface area contributed by atoms with Crippen molar-refractivity contribution in [3.8, 4) is 0 Å². The summed E-state index contributed by atoms with van der Waals surface area (Å²) in [5, 5.41) is 5.15. The van der Waals surface area contributed by atoms with E-state index < -0.39 is 0 Å². The largest absolute Gasteiger partial charge is 0.342 e. The van der Waals surface area contributed by atoms with Gasteiger partial charge in [-0.25, -0.2) is 4.79 Å². The first-order valence-corrected chi connectivity index (χ1v) is 5.99. The number of benzene rings is 1. The van der Waals surface area contributed by atoms with Gasteiger partial charge in [0.25, 0.3) is 0 Å². The SMILES string of the molecule is CCC(=O)ONc1nn(C)c2cc(Br)ccc12. The zero-order chi connectivity index (χ0) is 12.4. The van der Waals surface area contributed by atoms with Gasteiger partial charge in [0.15, 0.2) is 5.82 Å². The molecule has 0 radical (unpaired) electrons. The van der Waals surface area contributed by atoms with Crippen molar-refractivity contribution in [3.63, 3.8) is 0 Å². The molecule has 0 amide bonds. The number of aryl methyl sites for hydroxylation is 1. The molecule has 0 bridgehead atoms. The molecule has 2 aromatic rings. The fourth-order valence-corrected chi connectivity index (χ4v) is 1.83. The van der Waals surface area contributed by atoms with Gasteiger partial charge >= 0.3 is 5.97 Å². The number of anilines is 1. The summed E-state index contributed by atoms with van der Waals surface area (Å²) in [6.07, 6.45) is 0.323. The van der Waals surface area contributed by atoms with Crippen molar-refractivity contribution < 1.29 is 9.63 Å². The summed E-state index contributed by atoms with van der Waals surface area (Å²) in [6, 6.07) is 5.78. The maximum atomic E-state index is 11.1. The average molecular weight is 298 g/mol. The fraction of sp³-hybridized carbons (Fsp3) is 0.273. The summed E-state index contributed by atoms with van der Waals surface area (Å²) in [6.45, 7) is 1.73. The van der Waals surface area contributed by atoms with Crippen LogP contribution in [0.3, 0.4) is 0 Å². The highest BCUT2D eigenvalue weighted by Crippen LogP contribution is 2.25. The molecule has 1 aromatic heterocycles. The van der Waals surface area contributed by atoms with Gasteiger partial charge in [0.05, 0.1) is 5.52 Å². The van der Waals surface area contributed by atoms with Crippen LogP contribution in [0.15, 0.2) is 22.7 Å². The van der Waals surface area contributed by atoms with Crippen molar-refractivity contribution in [3.05, 3.63) is 22.7 Å². The van der Waals surface area contributed by atoms with Gasteiger partial charge in [-0.05, 0) is 18.2 Å². The van der Waals surface area contributed by atoms with E-state index in [1.54, 1.807) is 11.6 Å². The van der Waals surface area contributed by atoms with E-state index in [0.29, 0.717) is 12.2 Å². The van der Waals surface area contributed by atoms with Gasteiger partial charge in [0.2, 0.25) is 0 Å². The molecule has 5 nitrogen and oxygen atoms in total. The zero-order valence-corrected chi connectivity index (χ0v) is 11.1. The molecule has 1 aromatic carbocycles. The van der Waals surface area contributed by atoms with Crippen molar-refractivity contribution in [2.45, 2.75) is 13.3 Å². The Balaban J connectivity index is 2.32. The number of nitrogens with zero attached hydrogens (tertiary/aromatic N) is 2. The van der Waals surface area contributed by atoms with Crippen LogP contribution in [0, 0.1) is 0 Å². The Morgan fingerprint density at radius 1 is 1.59 bits per heavy atom. The fourth-order valence-electron chi connectivity index (χ4n) is 1.48. The Labute approximate surface area is 107 Å². The van der Waals surface area contributed by atoms with E-state index in [0.717, 1.165) is 15.4 Å². The van der Waals surface area contributed by atoms with Crippen LogP contribution < -0.4 is 5.48 Å². The quantitative estimate of drug-likeness (QED) is 0.885. The molecule has 2 rings (SSSR count). The van der Waals surface area contributed by atoms with E-state index in [1.165, 1.54) is 0 Å². The normalized spacial score (nSPS) is 10.5. The van der Waals surface area contributed by atoms with Crippen molar-refractivity contribution in [2.75, 3.05) is 5.48 Å². The first-order valence-electron chi connectivity index (χ1n) is 5.19. The van der Waals surface area contributed by atoms with E-state index >= 15 is 0 Å². The van der Waals surface area contributed by atoms with E-state index in [2.05, 4.69) is 26.5 Å². The molecule has 0 spiro atoms. The molecule has 0 atom stereocenters. The first kappa shape index (κ1) is 11.9. The lowest BCUT2D eigenvalue weighted by Crippen LogP contribution is -2.09. The average Bonchev–Trinajstić information content (AvgIpc) is 2.63. The minimum absolute atomic E-state index is 0.319. The van der Waals surface area contributed by atoms with Crippen LogP contribution in [0.5, 0.6) is 0 Å². The predicted octanol–water partition coefficient (Wildman–Crippen LogP) is 2.62. The minimum Gasteiger partial charge on any atom is -0.342 e. The van der Waals surface area contributed by atoms with Crippen molar-refractivity contribution in [1.29, 1.82) is 0 Å². The number of rotatable bonds is 3. The topological polar surface area (TPSA) is 56.1 Å². The Kier molecular flexibility index (Phi) is 3.33. The molecule has 1 heterocycles. The number of hydrogen-bond donors (Lipinski definition) is 1. The summed E-state index contributed by atoms with van der Waals surface area (Å²) >= 11 is 3.40. The third-order valence-electron chi connectivity index (χ3n) is 2.36. The molecule has 0 unspecified atom stereocenters. The van der Waals surface area contributed by atoms with Crippen LogP contribution in [0.1, 0.15) is 13.3 Å². The third kappa shape index (κ3) is 2.41. The molecule has 0 saturated heterocycles. The molecule has 6 heteroatoms. The lowest BCUT2D eigenvalue weighted by atomic mass is 10.2. The monoisotopic (exact) mass is 297 g/mol. The highest BCUT2D eigenvalue weighted by molar-refractivity contribution is 9.10. The molecule has 1 N–H and O–H groups in total. The van der Waals surface area contributed by atoms with E-state index in [-0.39, 0.29) is 5.97 Å². The number of hydrogen-bond acceptors (Lipinski definition) is 4. The summed E-state index contributed by atoms with van der Waals surface area (Å²) in [4.78, 5) is 15.9. The van der Waals surface area contributed by atoms with E-state index in [4.69, 9.17) is 4.84 Å². The summed E-state index contributed by atoms with van der Waals surface area (Å²) < 4.78 is 2.70. The first-order chi connectivity index (χ1) is 8.11. The number of nitrogens with one attached hydrogen (secondary N) is 1. The molecule has 0 aliphatic carbocycles. The molecule has 0 saturated carbocycles. The maximum Gasteiger partial charge on any atom is 0.331 e. The second-order valence-electron chi connectivity index (χ2n) is 3.56. The third-order valence-corrected chi connectivity index (χ3v) is 2.86. The number of halogens is 1. The molecule has 90 valence electrons. The van der Waals surface area contributed by atoms with Crippen LogP contribution in [0.4, 0.5) is 5.82 Å². The molecule has 0 fully saturated rings. The Morgan fingerprint density at radius 3 is 3.06 bits per heavy atom. The van der Waals surface area contributed by atoms with Crippen LogP contribution in [0.2, 0.25) is 0 Å². The second kappa shape index (κ2) is 4.75. The predicted molar refractivity (Wildman–Crippen MR) is 68.4 cm³/mol. The van der Waals surface area contributed by atoms with Crippen LogP contribution in [-0.4, -0.2) is 15.7 Å². The Bertz CT molecular complexity index is 565. The smallest absolute Gasteiger partial charge is 0.331 e. The van der Waals surface area contributed by atoms with Gasteiger partial charge in [-0.15, -0.1) is 0 Å². The summed E-state index contributed by atoms with van der Waals surface area (Å²) in [7, 11) is 1.83. The number of aromatic nitrogens is 2. The van der Waals surface area contributed by atoms with Crippen molar-refractivity contribution in [1.82, 2.24) is 9.78 Å². The van der Waals surface area contributed by atoms with Gasteiger partial charge < -0.3 is 4.84 Å². The lowest BCUT2D eigenvalue weighted by Gasteiger charge is -2.02. The van der Waals surface area contributed by atoms with Gasteiger partial charge in [0, 0.05) is 23.3 Å². The maximum absolute atomic E-state index is 11.1. The summed E-state index contributed by atoms with van der Waals surface area (Å²) in [5.41, 5.74) is 3.54. The van der Waals surface area contributed by atoms with E-state index in [9.17, 15) is 4.79 Å². The number of fused-ring (bicyclic) bond motifs is 1. The molecule has 17 heavy (non-hydrogen) atoms. The summed E-state index contributed by atoms with van der Waals surface area (Å²) in [5.74, 6) is 0.220. The molecular weight excluding hydrogens is 286 g/mol. The number of carbonyl (C=O) groups excluding carboxylic acids is 1. The highest BCUT2D eigenvalue weighted by Gasteiger charge is 2.10. The van der Waals surface area contributed by atoms with Crippen molar-refractivity contribution in [2.24, 2.45) is 7.05 Å². The number of carbonyl (C=O) groups is 1. The van der Waals surface area contributed by atoms with E-state index in [1.807, 2.05) is 25.2 Å². The highest BCUT2D eigenvalue weighted by atomic mass is 79.9. The standard InChI is InChI=1S/C11H12BrN3O2/c1-3-10(16)17-14-11-8-5-4-7(12)6-9(8)15(2)13-11/h4-6H,3H2,1-2H3,(H,13,14). The Morgan fingerprint density at radius 2 is 2.35 bits per heavy atom. The Hall–Kier alpha value is -1.56. The molecular formula is C11H12BrN3O2. The van der Waals surface area contributed by atoms with Gasteiger partial charge in [0.1, 0.15) is 0 Å². The van der Waals surface area contributed by atoms with Crippen LogP contribution in [0.25, 0.3) is 10.9 Å². The van der Waals surface area contributed by atoms with Crippen LogP contribution >= 0.6 is 15.9 Å². The molecule has 0 aliphatic heterocycles. The van der Waals surface area contributed by atoms with Crippen LogP contribution in [-0.2, 0) is 16.7 Å². The van der Waals surface area contributed by atoms with Gasteiger partial charge in [-0.1, -0.05) is 22.9 Å². The molecule has 0 aliphatic rings. The van der Waals surface area contributed by atoms with Gasteiger partial charge in [-0.3, -0.25) is 4.68 Å². The van der Waals surface area contributed by atoms with Crippen molar-refractivity contribution >= 4 is 38.6 Å². The second-order valence-corrected chi connectivity index (χ2v) is 4.48. The zero-order valence-electron chi connectivity index (χ0n) is 9.53.